The first kappa shape index (κ1) is 54.6. The Bertz CT molecular complexity index is 1260. The van der Waals surface area contributed by atoms with Crippen molar-refractivity contribution in [1.29, 1.82) is 0 Å². The van der Waals surface area contributed by atoms with Gasteiger partial charge in [0, 0.05) is 6.42 Å². The van der Waals surface area contributed by atoms with Crippen molar-refractivity contribution in [2.75, 3.05) is 26.4 Å². The third-order valence-electron chi connectivity index (χ3n) is 11.6. The number of allylic oxidation sites excluding steroid dienone is 3. The van der Waals surface area contributed by atoms with Crippen LogP contribution in [0.5, 0.6) is 0 Å². The second-order valence-corrected chi connectivity index (χ2v) is 16.5. The number of carbonyl (C=O) groups excluding carboxylic acids is 1. The van der Waals surface area contributed by atoms with Crippen molar-refractivity contribution >= 4 is 5.91 Å². The molecule has 0 bridgehead atoms. The van der Waals surface area contributed by atoms with Gasteiger partial charge in [0.15, 0.2) is 18.9 Å². The smallest absolute Gasteiger partial charge is 0.220 e. The minimum absolute atomic E-state index is 0.116. The highest BCUT2D eigenvalue weighted by atomic mass is 16.8. The van der Waals surface area contributed by atoms with E-state index in [0.717, 1.165) is 19.3 Å². The van der Waals surface area contributed by atoms with Gasteiger partial charge in [-0.1, -0.05) is 102 Å². The summed E-state index contributed by atoms with van der Waals surface area (Å²) in [5.41, 5.74) is 0. The molecule has 0 aromatic rings. The van der Waals surface area contributed by atoms with E-state index in [4.69, 9.17) is 28.4 Å². The minimum atomic E-state index is -1.97. The van der Waals surface area contributed by atoms with Crippen molar-refractivity contribution in [2.24, 2.45) is 0 Å². The van der Waals surface area contributed by atoms with Gasteiger partial charge in [0.25, 0.3) is 0 Å². The van der Waals surface area contributed by atoms with Gasteiger partial charge in [-0.3, -0.25) is 4.79 Å². The van der Waals surface area contributed by atoms with Crippen LogP contribution in [0.4, 0.5) is 0 Å². The number of hydrogen-bond acceptors (Lipinski definition) is 18. The number of ether oxygens (including phenoxy) is 6. The number of aliphatic hydroxyl groups is 11. The molecule has 0 radical (unpaired) electrons. The lowest BCUT2D eigenvalue weighted by atomic mass is 9.96. The lowest BCUT2D eigenvalue weighted by molar-refractivity contribution is -0.379. The highest BCUT2D eigenvalue weighted by Crippen LogP contribution is 2.33. The summed E-state index contributed by atoms with van der Waals surface area (Å²) < 4.78 is 33.6. The van der Waals surface area contributed by atoms with Gasteiger partial charge in [-0.15, -0.1) is 0 Å². The zero-order valence-corrected chi connectivity index (χ0v) is 36.3. The maximum Gasteiger partial charge on any atom is 0.220 e. The summed E-state index contributed by atoms with van der Waals surface area (Å²) in [5, 5.41) is 118. The van der Waals surface area contributed by atoms with Gasteiger partial charge in [0.05, 0.1) is 38.6 Å². The summed E-state index contributed by atoms with van der Waals surface area (Å²) in [6.07, 6.45) is -2.33. The van der Waals surface area contributed by atoms with Crippen LogP contribution < -0.4 is 5.32 Å². The Balaban J connectivity index is 1.48. The molecule has 0 saturated carbocycles. The van der Waals surface area contributed by atoms with Crippen LogP contribution in [-0.2, 0) is 33.2 Å². The molecule has 19 nitrogen and oxygen atoms in total. The highest BCUT2D eigenvalue weighted by Gasteiger charge is 2.53. The van der Waals surface area contributed by atoms with E-state index < -0.39 is 124 Å². The number of hydrogen-bond donors (Lipinski definition) is 12. The van der Waals surface area contributed by atoms with Crippen molar-refractivity contribution in [1.82, 2.24) is 5.32 Å². The van der Waals surface area contributed by atoms with Gasteiger partial charge >= 0.3 is 0 Å². The molecular weight excluding hydrogens is 818 g/mol. The average Bonchev–Trinajstić information content (AvgIpc) is 3.27. The molecule has 0 aliphatic carbocycles. The van der Waals surface area contributed by atoms with Crippen LogP contribution in [0.2, 0.25) is 0 Å². The summed E-state index contributed by atoms with van der Waals surface area (Å²) in [6.45, 7) is 1.07. The Kier molecular flexibility index (Phi) is 26.2. The Hall–Kier alpha value is -1.73. The lowest BCUT2D eigenvalue weighted by Gasteiger charge is -2.48. The van der Waals surface area contributed by atoms with E-state index in [1.165, 1.54) is 70.3 Å². The van der Waals surface area contributed by atoms with Crippen molar-refractivity contribution < 1.29 is 89.4 Å². The molecule has 0 spiro atoms. The highest BCUT2D eigenvalue weighted by molar-refractivity contribution is 5.75. The van der Waals surface area contributed by atoms with Crippen molar-refractivity contribution in [3.05, 3.63) is 24.3 Å². The molecule has 3 aliphatic heterocycles. The average molecular weight is 896 g/mol. The maximum absolute atomic E-state index is 12.3. The normalized spacial score (nSPS) is 35.4. The molecule has 3 heterocycles. The molecule has 3 saturated heterocycles. The summed E-state index contributed by atoms with van der Waals surface area (Å²) in [7, 11) is 0. The number of aliphatic hydroxyl groups excluding tert-OH is 11. The lowest BCUT2D eigenvalue weighted by Crippen LogP contribution is -2.66. The molecular formula is C43H77NO18. The number of rotatable bonds is 29. The fraction of sp³-hybridized carbons (Fsp3) is 0.884. The molecule has 12 N–H and O–H groups in total. The van der Waals surface area contributed by atoms with E-state index >= 15 is 0 Å². The van der Waals surface area contributed by atoms with Crippen LogP contribution in [0.3, 0.4) is 0 Å². The molecule has 362 valence electrons. The summed E-state index contributed by atoms with van der Waals surface area (Å²) >= 11 is 0. The van der Waals surface area contributed by atoms with Gasteiger partial charge in [-0.2, -0.15) is 0 Å². The topological polar surface area (TPSA) is 307 Å². The molecule has 3 fully saturated rings. The third kappa shape index (κ3) is 16.9. The number of amides is 1. The molecule has 19 heteroatoms. The van der Waals surface area contributed by atoms with Crippen molar-refractivity contribution in [3.63, 3.8) is 0 Å². The number of unbranched alkanes of at least 4 members (excludes halogenated alkanes) is 12. The van der Waals surface area contributed by atoms with Crippen LogP contribution in [0.15, 0.2) is 24.3 Å². The first-order valence-electron chi connectivity index (χ1n) is 22.6. The van der Waals surface area contributed by atoms with Crippen LogP contribution >= 0.6 is 0 Å². The van der Waals surface area contributed by atoms with E-state index in [1.54, 1.807) is 13.0 Å². The van der Waals surface area contributed by atoms with E-state index in [1.807, 2.05) is 0 Å². The van der Waals surface area contributed by atoms with Gasteiger partial charge in [-0.05, 0) is 25.7 Å². The van der Waals surface area contributed by atoms with E-state index in [-0.39, 0.29) is 18.9 Å². The molecule has 17 atom stereocenters. The fourth-order valence-electron chi connectivity index (χ4n) is 7.64. The molecule has 0 aromatic carbocycles. The van der Waals surface area contributed by atoms with Crippen LogP contribution in [0.1, 0.15) is 110 Å². The molecule has 62 heavy (non-hydrogen) atoms. The van der Waals surface area contributed by atoms with Gasteiger partial charge in [0.1, 0.15) is 73.2 Å². The predicted octanol–water partition coefficient (Wildman–Crippen LogP) is -0.699. The van der Waals surface area contributed by atoms with E-state index in [9.17, 15) is 61.0 Å². The Morgan fingerprint density at radius 3 is 1.55 bits per heavy atom. The third-order valence-corrected chi connectivity index (χ3v) is 11.6. The summed E-state index contributed by atoms with van der Waals surface area (Å²) in [5.74, 6) is -0.376. The minimum Gasteiger partial charge on any atom is -0.394 e. The van der Waals surface area contributed by atoms with Gasteiger partial charge in [0.2, 0.25) is 5.91 Å². The zero-order valence-electron chi connectivity index (χ0n) is 36.3. The quantitative estimate of drug-likeness (QED) is 0.0326. The fourth-order valence-corrected chi connectivity index (χ4v) is 7.64. The molecule has 3 rings (SSSR count). The molecule has 17 unspecified atom stereocenters. The maximum atomic E-state index is 12.3. The number of nitrogens with one attached hydrogen (secondary N) is 1. The first-order chi connectivity index (χ1) is 29.8. The molecule has 1 amide bonds. The Morgan fingerprint density at radius 1 is 0.565 bits per heavy atom. The van der Waals surface area contributed by atoms with E-state index in [0.29, 0.717) is 6.42 Å². The van der Waals surface area contributed by atoms with Crippen molar-refractivity contribution in [2.45, 2.75) is 214 Å². The Labute approximate surface area is 365 Å². The van der Waals surface area contributed by atoms with Crippen LogP contribution in [-0.4, -0.2) is 193 Å². The van der Waals surface area contributed by atoms with Crippen LogP contribution in [0, 0.1) is 0 Å². The SMILES string of the molecule is CCCCCCCCCCCCC/C=C/CC/C=C/C(O)C(COC1OC(CO)C(OC2OC(CO)C(OC3OC(CO)C(O)C(O)C3O)C(O)C2O)C(O)C1O)NC(=O)CC. The zero-order chi connectivity index (χ0) is 45.6. The summed E-state index contributed by atoms with van der Waals surface area (Å²) in [4.78, 5) is 12.3. The molecule has 0 aromatic heterocycles. The second kappa shape index (κ2) is 29.7. The first-order valence-corrected chi connectivity index (χ1v) is 22.6. The number of carbonyl (C=O) groups is 1. The Morgan fingerprint density at radius 2 is 1.02 bits per heavy atom. The molecule has 3 aliphatic rings. The predicted molar refractivity (Wildman–Crippen MR) is 222 cm³/mol. The largest absolute Gasteiger partial charge is 0.394 e. The second-order valence-electron chi connectivity index (χ2n) is 16.5. The van der Waals surface area contributed by atoms with Crippen molar-refractivity contribution in [3.8, 4) is 0 Å². The van der Waals surface area contributed by atoms with Gasteiger partial charge < -0.3 is 89.9 Å². The van der Waals surface area contributed by atoms with Gasteiger partial charge in [-0.25, -0.2) is 0 Å². The standard InChI is InChI=1S/C43H77NO18/c1-3-5-6-7-8-9-10-11-12-13-14-15-16-17-18-19-20-21-27(48)26(44-31(49)4-2)25-57-41-37(55)34(52)39(29(23-46)59-41)62-43-38(56)35(53)40(30(24-47)60-43)61-42-36(54)33(51)32(50)28(22-45)58-42/h16-17,20-21,26-30,32-43,45-48,50-56H,3-15,18-19,22-25H2,1-2H3,(H,44,49)/b17-16+,21-20+. The van der Waals surface area contributed by atoms with E-state index in [2.05, 4.69) is 24.4 Å². The van der Waals surface area contributed by atoms with Crippen LogP contribution in [0.25, 0.3) is 0 Å². The summed E-state index contributed by atoms with van der Waals surface area (Å²) in [6, 6.07) is -0.981. The monoisotopic (exact) mass is 896 g/mol.